The van der Waals surface area contributed by atoms with E-state index in [9.17, 15) is 4.79 Å². The molecule has 0 fully saturated rings. The summed E-state index contributed by atoms with van der Waals surface area (Å²) in [6.45, 7) is 3.85. The van der Waals surface area contributed by atoms with Crippen molar-refractivity contribution in [2.45, 2.75) is 13.8 Å². The van der Waals surface area contributed by atoms with Crippen LogP contribution < -0.4 is 11.1 Å². The van der Waals surface area contributed by atoms with Gasteiger partial charge in [0.1, 0.15) is 11.9 Å². The number of carbonyl (C=O) groups excluding carboxylic acids is 1. The molecule has 1 rings (SSSR count). The van der Waals surface area contributed by atoms with Crippen molar-refractivity contribution in [2.24, 2.45) is 5.41 Å². The number of carbonyl (C=O) groups is 1. The van der Waals surface area contributed by atoms with Gasteiger partial charge in [-0.15, -0.1) is 0 Å². The molecular formula is C12H16N4O2. The average molecular weight is 248 g/mol. The highest BCUT2D eigenvalue weighted by atomic mass is 16.5. The summed E-state index contributed by atoms with van der Waals surface area (Å²) in [5, 5.41) is 11.7. The van der Waals surface area contributed by atoms with Crippen molar-refractivity contribution in [1.82, 2.24) is 4.98 Å². The molecule has 0 aliphatic heterocycles. The molecule has 0 spiro atoms. The first-order valence-corrected chi connectivity index (χ1v) is 5.38. The number of rotatable bonds is 4. The van der Waals surface area contributed by atoms with E-state index in [4.69, 9.17) is 15.7 Å². The zero-order valence-electron chi connectivity index (χ0n) is 10.7. The van der Waals surface area contributed by atoms with Crippen molar-refractivity contribution in [1.29, 1.82) is 5.26 Å². The van der Waals surface area contributed by atoms with Crippen molar-refractivity contribution >= 4 is 17.5 Å². The van der Waals surface area contributed by atoms with Gasteiger partial charge in [-0.05, 0) is 19.9 Å². The molecule has 0 saturated heterocycles. The molecule has 0 bridgehead atoms. The van der Waals surface area contributed by atoms with Gasteiger partial charge in [0.25, 0.3) is 0 Å². The molecule has 1 aromatic heterocycles. The number of nitrogen functional groups attached to an aromatic ring is 1. The summed E-state index contributed by atoms with van der Waals surface area (Å²) in [6.07, 6.45) is 1.42. The second-order valence-corrected chi connectivity index (χ2v) is 4.50. The summed E-state index contributed by atoms with van der Waals surface area (Å²) in [7, 11) is 1.35. The second kappa shape index (κ2) is 5.36. The molecular weight excluding hydrogens is 232 g/mol. The lowest BCUT2D eigenvalue weighted by atomic mass is 9.94. The third-order valence-corrected chi connectivity index (χ3v) is 2.48. The van der Waals surface area contributed by atoms with Crippen LogP contribution in [0.5, 0.6) is 0 Å². The fourth-order valence-corrected chi connectivity index (χ4v) is 1.34. The molecule has 0 aromatic carbocycles. The lowest BCUT2D eigenvalue weighted by molar-refractivity contribution is -0.149. The number of anilines is 2. The van der Waals surface area contributed by atoms with Gasteiger partial charge in [-0.1, -0.05) is 0 Å². The Bertz CT molecular complexity index is 491. The number of nitrogens with zero attached hydrogens (tertiary/aromatic N) is 2. The lowest BCUT2D eigenvalue weighted by Crippen LogP contribution is -2.33. The first kappa shape index (κ1) is 13.8. The van der Waals surface area contributed by atoms with Crippen molar-refractivity contribution in [3.8, 4) is 6.07 Å². The number of nitrogens with two attached hydrogens (primary N) is 1. The van der Waals surface area contributed by atoms with Crippen LogP contribution in [0.1, 0.15) is 19.4 Å². The van der Waals surface area contributed by atoms with Gasteiger partial charge in [-0.3, -0.25) is 4.79 Å². The van der Waals surface area contributed by atoms with Crippen LogP contribution in [0.2, 0.25) is 0 Å². The van der Waals surface area contributed by atoms with Crippen LogP contribution in [-0.4, -0.2) is 24.6 Å². The molecule has 0 unspecified atom stereocenters. The Labute approximate surface area is 106 Å². The fourth-order valence-electron chi connectivity index (χ4n) is 1.34. The predicted octanol–water partition coefficient (Wildman–Crippen LogP) is 1.15. The third-order valence-electron chi connectivity index (χ3n) is 2.48. The number of pyridine rings is 1. The smallest absolute Gasteiger partial charge is 0.313 e. The van der Waals surface area contributed by atoms with E-state index in [1.54, 1.807) is 13.8 Å². The van der Waals surface area contributed by atoms with E-state index in [1.807, 2.05) is 6.07 Å². The lowest BCUT2D eigenvalue weighted by Gasteiger charge is -2.22. The number of hydrogen-bond acceptors (Lipinski definition) is 6. The monoisotopic (exact) mass is 248 g/mol. The third kappa shape index (κ3) is 3.10. The fraction of sp³-hybridized carbons (Fsp3) is 0.417. The van der Waals surface area contributed by atoms with Gasteiger partial charge in [0.05, 0.1) is 23.8 Å². The molecule has 1 aromatic rings. The quantitative estimate of drug-likeness (QED) is 0.775. The van der Waals surface area contributed by atoms with Crippen molar-refractivity contribution in [3.63, 3.8) is 0 Å². The summed E-state index contributed by atoms with van der Waals surface area (Å²) >= 11 is 0. The van der Waals surface area contributed by atoms with Gasteiger partial charge >= 0.3 is 5.97 Å². The van der Waals surface area contributed by atoms with E-state index in [0.29, 0.717) is 23.6 Å². The minimum absolute atomic E-state index is 0.317. The minimum atomic E-state index is -0.684. The SMILES string of the molecule is COC(=O)C(C)(C)CNc1ncc(C#N)cc1N. The Hall–Kier alpha value is -2.29. The van der Waals surface area contributed by atoms with Gasteiger partial charge in [0, 0.05) is 12.7 Å². The molecule has 6 heteroatoms. The summed E-state index contributed by atoms with van der Waals surface area (Å²) in [6, 6.07) is 3.48. The van der Waals surface area contributed by atoms with E-state index < -0.39 is 5.41 Å². The number of nitriles is 1. The first-order chi connectivity index (χ1) is 8.40. The summed E-state index contributed by atoms with van der Waals surface area (Å²) in [5.41, 5.74) is 5.82. The second-order valence-electron chi connectivity index (χ2n) is 4.50. The van der Waals surface area contributed by atoms with Gasteiger partial charge in [-0.25, -0.2) is 4.98 Å². The Balaban J connectivity index is 2.76. The highest BCUT2D eigenvalue weighted by Gasteiger charge is 2.28. The Kier molecular flexibility index (Phi) is 4.10. The van der Waals surface area contributed by atoms with E-state index in [2.05, 4.69) is 10.3 Å². The van der Waals surface area contributed by atoms with Gasteiger partial charge < -0.3 is 15.8 Å². The maximum Gasteiger partial charge on any atom is 0.313 e. The molecule has 18 heavy (non-hydrogen) atoms. The molecule has 0 saturated carbocycles. The van der Waals surface area contributed by atoms with Crippen LogP contribution in [0.3, 0.4) is 0 Å². The van der Waals surface area contributed by atoms with Gasteiger partial charge in [0.15, 0.2) is 0 Å². The van der Waals surface area contributed by atoms with Crippen LogP contribution in [0, 0.1) is 16.7 Å². The molecule has 3 N–H and O–H groups in total. The molecule has 0 radical (unpaired) electrons. The Morgan fingerprint density at radius 2 is 2.33 bits per heavy atom. The Morgan fingerprint density at radius 1 is 1.67 bits per heavy atom. The summed E-state index contributed by atoms with van der Waals surface area (Å²) in [5.74, 6) is 0.133. The molecule has 1 heterocycles. The van der Waals surface area contributed by atoms with Crippen molar-refractivity contribution in [3.05, 3.63) is 17.8 Å². The molecule has 0 amide bonds. The normalized spacial score (nSPS) is 10.6. The number of ether oxygens (including phenoxy) is 1. The maximum absolute atomic E-state index is 11.5. The number of methoxy groups -OCH3 is 1. The standard InChI is InChI=1S/C12H16N4O2/c1-12(2,11(17)18-3)7-16-10-9(14)4-8(5-13)6-15-10/h4,6H,7,14H2,1-3H3,(H,15,16). The van der Waals surface area contributed by atoms with E-state index in [1.165, 1.54) is 19.4 Å². The Morgan fingerprint density at radius 3 is 2.83 bits per heavy atom. The summed E-state index contributed by atoms with van der Waals surface area (Å²) < 4.78 is 4.70. The number of hydrogen-bond donors (Lipinski definition) is 2. The molecule has 0 atom stereocenters. The molecule has 0 aliphatic carbocycles. The number of esters is 1. The van der Waals surface area contributed by atoms with E-state index in [0.717, 1.165) is 0 Å². The number of aromatic nitrogens is 1. The van der Waals surface area contributed by atoms with Gasteiger partial charge in [-0.2, -0.15) is 5.26 Å². The van der Waals surface area contributed by atoms with Gasteiger partial charge in [0.2, 0.25) is 0 Å². The average Bonchev–Trinajstić information content (AvgIpc) is 2.36. The summed E-state index contributed by atoms with van der Waals surface area (Å²) in [4.78, 5) is 15.5. The van der Waals surface area contributed by atoms with Crippen LogP contribution in [0.25, 0.3) is 0 Å². The minimum Gasteiger partial charge on any atom is -0.469 e. The highest BCUT2D eigenvalue weighted by molar-refractivity contribution is 5.77. The maximum atomic E-state index is 11.5. The molecule has 0 aliphatic rings. The van der Waals surface area contributed by atoms with Crippen LogP contribution >= 0.6 is 0 Å². The van der Waals surface area contributed by atoms with E-state index in [-0.39, 0.29) is 5.97 Å². The van der Waals surface area contributed by atoms with Crippen molar-refractivity contribution < 1.29 is 9.53 Å². The van der Waals surface area contributed by atoms with Crippen LogP contribution in [-0.2, 0) is 9.53 Å². The first-order valence-electron chi connectivity index (χ1n) is 5.38. The number of nitrogens with one attached hydrogen (secondary N) is 1. The molecule has 96 valence electrons. The zero-order valence-corrected chi connectivity index (χ0v) is 10.7. The van der Waals surface area contributed by atoms with Crippen LogP contribution in [0.4, 0.5) is 11.5 Å². The van der Waals surface area contributed by atoms with E-state index >= 15 is 0 Å². The predicted molar refractivity (Wildman–Crippen MR) is 67.7 cm³/mol. The topological polar surface area (TPSA) is 101 Å². The zero-order chi connectivity index (χ0) is 13.8. The van der Waals surface area contributed by atoms with Crippen molar-refractivity contribution in [2.75, 3.05) is 24.7 Å². The van der Waals surface area contributed by atoms with Crippen LogP contribution in [0.15, 0.2) is 12.3 Å². The molecule has 6 nitrogen and oxygen atoms in total. The largest absolute Gasteiger partial charge is 0.469 e. The highest BCUT2D eigenvalue weighted by Crippen LogP contribution is 2.21.